The molecule has 0 spiro atoms. The van der Waals surface area contributed by atoms with E-state index in [2.05, 4.69) is 0 Å². The maximum Gasteiger partial charge on any atom is 0.336 e. The van der Waals surface area contributed by atoms with E-state index in [0.717, 1.165) is 17.7 Å². The monoisotopic (exact) mass is 138 g/mol. The van der Waals surface area contributed by atoms with E-state index in [9.17, 15) is 4.79 Å². The van der Waals surface area contributed by atoms with Gasteiger partial charge in [-0.2, -0.15) is 0 Å². The lowest BCUT2D eigenvalue weighted by atomic mass is 10.2. The van der Waals surface area contributed by atoms with E-state index < -0.39 is 0 Å². The molecule has 0 aliphatic rings. The highest BCUT2D eigenvalue weighted by atomic mass is 16.4. The third-order valence-electron chi connectivity index (χ3n) is 1.31. The SMILES string of the molecule is CCc1cc(C)cc(=O)o1. The summed E-state index contributed by atoms with van der Waals surface area (Å²) in [5.74, 6) is 0.755. The molecule has 2 nitrogen and oxygen atoms in total. The standard InChI is InChI=1S/C8H10O2/c1-3-7-4-6(2)5-8(9)10-7/h4-5H,3H2,1-2H3. The molecule has 0 saturated carbocycles. The highest BCUT2D eigenvalue weighted by Crippen LogP contribution is 1.99. The second-order valence-electron chi connectivity index (χ2n) is 2.27. The summed E-state index contributed by atoms with van der Waals surface area (Å²) in [5, 5.41) is 0. The third kappa shape index (κ3) is 1.47. The Hall–Kier alpha value is -1.05. The van der Waals surface area contributed by atoms with E-state index in [1.165, 1.54) is 6.07 Å². The van der Waals surface area contributed by atoms with Crippen LogP contribution in [0.2, 0.25) is 0 Å². The molecule has 54 valence electrons. The zero-order valence-electron chi connectivity index (χ0n) is 6.18. The first-order valence-electron chi connectivity index (χ1n) is 3.33. The summed E-state index contributed by atoms with van der Waals surface area (Å²) >= 11 is 0. The fourth-order valence-electron chi connectivity index (χ4n) is 0.844. The van der Waals surface area contributed by atoms with Crippen LogP contribution >= 0.6 is 0 Å². The van der Waals surface area contributed by atoms with E-state index in [0.29, 0.717) is 0 Å². The average Bonchev–Trinajstić information content (AvgIpc) is 1.85. The molecule has 1 aromatic rings. The lowest BCUT2D eigenvalue weighted by molar-refractivity contribution is 0.463. The molecule has 2 heteroatoms. The largest absolute Gasteiger partial charge is 0.428 e. The van der Waals surface area contributed by atoms with Crippen LogP contribution < -0.4 is 5.63 Å². The molecule has 0 fully saturated rings. The number of hydrogen-bond acceptors (Lipinski definition) is 2. The number of aryl methyl sites for hydroxylation is 2. The van der Waals surface area contributed by atoms with Gasteiger partial charge in [0.2, 0.25) is 0 Å². The van der Waals surface area contributed by atoms with E-state index in [1.807, 2.05) is 19.9 Å². The summed E-state index contributed by atoms with van der Waals surface area (Å²) in [7, 11) is 0. The topological polar surface area (TPSA) is 30.2 Å². The fourth-order valence-corrected chi connectivity index (χ4v) is 0.844. The average molecular weight is 138 g/mol. The molecule has 1 aromatic heterocycles. The van der Waals surface area contributed by atoms with Crippen LogP contribution in [-0.4, -0.2) is 0 Å². The fraction of sp³-hybridized carbons (Fsp3) is 0.375. The van der Waals surface area contributed by atoms with Crippen LogP contribution in [0.15, 0.2) is 21.3 Å². The predicted octanol–water partition coefficient (Wildman–Crippen LogP) is 1.51. The van der Waals surface area contributed by atoms with Crippen molar-refractivity contribution in [1.82, 2.24) is 0 Å². The molecule has 0 aliphatic heterocycles. The Morgan fingerprint density at radius 2 is 2.20 bits per heavy atom. The van der Waals surface area contributed by atoms with Crippen molar-refractivity contribution in [3.8, 4) is 0 Å². The van der Waals surface area contributed by atoms with Gasteiger partial charge >= 0.3 is 5.63 Å². The molecule has 10 heavy (non-hydrogen) atoms. The minimum Gasteiger partial charge on any atom is -0.428 e. The van der Waals surface area contributed by atoms with Crippen LogP contribution in [-0.2, 0) is 6.42 Å². The Labute approximate surface area is 59.5 Å². The van der Waals surface area contributed by atoms with Crippen LogP contribution in [0.4, 0.5) is 0 Å². The first-order chi connectivity index (χ1) is 4.72. The van der Waals surface area contributed by atoms with Crippen LogP contribution in [0.3, 0.4) is 0 Å². The second-order valence-corrected chi connectivity index (χ2v) is 2.27. The van der Waals surface area contributed by atoms with Gasteiger partial charge in [0.25, 0.3) is 0 Å². The molecular weight excluding hydrogens is 128 g/mol. The first kappa shape index (κ1) is 7.06. The molecule has 0 aromatic carbocycles. The van der Waals surface area contributed by atoms with Gasteiger partial charge < -0.3 is 4.42 Å². The van der Waals surface area contributed by atoms with Gasteiger partial charge in [-0.25, -0.2) is 4.79 Å². The molecule has 0 N–H and O–H groups in total. The highest BCUT2D eigenvalue weighted by molar-refractivity contribution is 5.11. The van der Waals surface area contributed by atoms with E-state index in [-0.39, 0.29) is 5.63 Å². The Morgan fingerprint density at radius 3 is 2.70 bits per heavy atom. The van der Waals surface area contributed by atoms with Crippen molar-refractivity contribution >= 4 is 0 Å². The van der Waals surface area contributed by atoms with E-state index in [4.69, 9.17) is 4.42 Å². The Morgan fingerprint density at radius 1 is 1.50 bits per heavy atom. The van der Waals surface area contributed by atoms with Gasteiger partial charge in [-0.05, 0) is 18.6 Å². The second kappa shape index (κ2) is 2.69. The van der Waals surface area contributed by atoms with Gasteiger partial charge in [0.15, 0.2) is 0 Å². The van der Waals surface area contributed by atoms with Gasteiger partial charge in [-0.1, -0.05) is 6.92 Å². The predicted molar refractivity (Wildman–Crippen MR) is 39.1 cm³/mol. The molecule has 0 unspecified atom stereocenters. The van der Waals surface area contributed by atoms with Gasteiger partial charge in [0, 0.05) is 12.5 Å². The van der Waals surface area contributed by atoms with Crippen molar-refractivity contribution in [3.63, 3.8) is 0 Å². The number of hydrogen-bond donors (Lipinski definition) is 0. The first-order valence-corrected chi connectivity index (χ1v) is 3.33. The Balaban J connectivity index is 3.19. The van der Waals surface area contributed by atoms with Crippen molar-refractivity contribution in [2.75, 3.05) is 0 Å². The summed E-state index contributed by atoms with van der Waals surface area (Å²) < 4.78 is 4.85. The van der Waals surface area contributed by atoms with Gasteiger partial charge in [-0.3, -0.25) is 0 Å². The smallest absolute Gasteiger partial charge is 0.336 e. The van der Waals surface area contributed by atoms with Crippen LogP contribution in [0.25, 0.3) is 0 Å². The molecule has 1 rings (SSSR count). The minimum atomic E-state index is -0.253. The van der Waals surface area contributed by atoms with E-state index >= 15 is 0 Å². The molecule has 1 heterocycles. The van der Waals surface area contributed by atoms with Crippen molar-refractivity contribution < 1.29 is 4.42 Å². The molecule has 0 amide bonds. The van der Waals surface area contributed by atoms with Gasteiger partial charge in [-0.15, -0.1) is 0 Å². The summed E-state index contributed by atoms with van der Waals surface area (Å²) in [5.41, 5.74) is 0.713. The lowest BCUT2D eigenvalue weighted by Crippen LogP contribution is -1.99. The molecule has 0 saturated heterocycles. The van der Waals surface area contributed by atoms with Crippen LogP contribution in [0.1, 0.15) is 18.2 Å². The molecule has 0 radical (unpaired) electrons. The van der Waals surface area contributed by atoms with Crippen molar-refractivity contribution in [2.45, 2.75) is 20.3 Å². The maximum absolute atomic E-state index is 10.7. The highest BCUT2D eigenvalue weighted by Gasteiger charge is 1.93. The van der Waals surface area contributed by atoms with Crippen molar-refractivity contribution in [1.29, 1.82) is 0 Å². The lowest BCUT2D eigenvalue weighted by Gasteiger charge is -1.94. The zero-order chi connectivity index (χ0) is 7.56. The third-order valence-corrected chi connectivity index (χ3v) is 1.31. The Bertz CT molecular complexity index is 273. The summed E-state index contributed by atoms with van der Waals surface area (Å²) in [6, 6.07) is 3.36. The summed E-state index contributed by atoms with van der Waals surface area (Å²) in [6.45, 7) is 3.84. The molecular formula is C8H10O2. The van der Waals surface area contributed by atoms with E-state index in [1.54, 1.807) is 0 Å². The van der Waals surface area contributed by atoms with Crippen molar-refractivity contribution in [3.05, 3.63) is 33.9 Å². The zero-order valence-corrected chi connectivity index (χ0v) is 6.18. The van der Waals surface area contributed by atoms with Crippen molar-refractivity contribution in [2.24, 2.45) is 0 Å². The minimum absolute atomic E-state index is 0.253. The summed E-state index contributed by atoms with van der Waals surface area (Å²) in [4.78, 5) is 10.7. The van der Waals surface area contributed by atoms with Crippen LogP contribution in [0, 0.1) is 6.92 Å². The number of rotatable bonds is 1. The Kier molecular flexibility index (Phi) is 1.90. The van der Waals surface area contributed by atoms with Gasteiger partial charge in [0.05, 0.1) is 0 Å². The van der Waals surface area contributed by atoms with Crippen LogP contribution in [0.5, 0.6) is 0 Å². The quantitative estimate of drug-likeness (QED) is 0.588. The molecule has 0 atom stereocenters. The summed E-state index contributed by atoms with van der Waals surface area (Å²) in [6.07, 6.45) is 0.775. The normalized spacial score (nSPS) is 9.80. The molecule has 0 bridgehead atoms. The molecule has 0 aliphatic carbocycles. The van der Waals surface area contributed by atoms with Gasteiger partial charge in [0.1, 0.15) is 5.76 Å². The maximum atomic E-state index is 10.7.